The lowest BCUT2D eigenvalue weighted by Gasteiger charge is -2.36. The van der Waals surface area contributed by atoms with E-state index in [1.54, 1.807) is 12.1 Å². The Bertz CT molecular complexity index is 662. The second-order valence-corrected chi connectivity index (χ2v) is 8.23. The topological polar surface area (TPSA) is 61.4 Å². The molecule has 166 valence electrons. The van der Waals surface area contributed by atoms with Crippen LogP contribution >= 0.6 is 12.4 Å². The number of amides is 1. The summed E-state index contributed by atoms with van der Waals surface area (Å²) in [5.41, 5.74) is 0.213. The van der Waals surface area contributed by atoms with Crippen LogP contribution in [-0.4, -0.2) is 35.3 Å². The van der Waals surface area contributed by atoms with Crippen LogP contribution in [0.25, 0.3) is 0 Å². The van der Waals surface area contributed by atoms with Crippen molar-refractivity contribution < 1.29 is 27.5 Å². The number of hydrogen-bond donors (Lipinski definition) is 3. The highest BCUT2D eigenvalue weighted by Crippen LogP contribution is 2.31. The Hall–Kier alpha value is -1.38. The minimum atomic E-state index is -4.84. The number of carbonyl (C=O) groups excluding carboxylic acids is 1. The van der Waals surface area contributed by atoms with Crippen molar-refractivity contribution in [2.45, 2.75) is 69.8 Å². The van der Waals surface area contributed by atoms with Gasteiger partial charge in [0.1, 0.15) is 5.82 Å². The predicted octanol–water partition coefficient (Wildman–Crippen LogP) is 4.28. The molecule has 1 saturated carbocycles. The molecule has 1 aromatic carbocycles. The van der Waals surface area contributed by atoms with Gasteiger partial charge in [-0.2, -0.15) is 13.2 Å². The van der Waals surface area contributed by atoms with E-state index in [0.717, 1.165) is 19.3 Å². The summed E-state index contributed by atoms with van der Waals surface area (Å²) >= 11 is 0. The molecule has 29 heavy (non-hydrogen) atoms. The maximum atomic E-state index is 13.3. The second kappa shape index (κ2) is 10.6. The lowest BCUT2D eigenvalue weighted by atomic mass is 9.79. The summed E-state index contributed by atoms with van der Waals surface area (Å²) in [7, 11) is 0. The summed E-state index contributed by atoms with van der Waals surface area (Å²) in [6, 6.07) is 5.40. The van der Waals surface area contributed by atoms with Gasteiger partial charge >= 0.3 is 12.1 Å². The molecule has 0 unspecified atom stereocenters. The van der Waals surface area contributed by atoms with E-state index in [4.69, 9.17) is 0 Å². The van der Waals surface area contributed by atoms with E-state index < -0.39 is 30.0 Å². The molecule has 4 nitrogen and oxygen atoms in total. The molecule has 0 radical (unpaired) electrons. The maximum Gasteiger partial charge on any atom is 0.471 e. The van der Waals surface area contributed by atoms with Gasteiger partial charge in [-0.3, -0.25) is 4.79 Å². The average molecular weight is 441 g/mol. The van der Waals surface area contributed by atoms with Crippen molar-refractivity contribution in [3.63, 3.8) is 0 Å². The van der Waals surface area contributed by atoms with Gasteiger partial charge in [0.15, 0.2) is 0 Å². The van der Waals surface area contributed by atoms with Crippen molar-refractivity contribution in [1.82, 2.24) is 10.6 Å². The van der Waals surface area contributed by atoms with Gasteiger partial charge in [-0.1, -0.05) is 12.1 Å². The molecule has 2 rings (SSSR count). The molecule has 1 aliphatic carbocycles. The van der Waals surface area contributed by atoms with Gasteiger partial charge in [0.2, 0.25) is 0 Å². The molecule has 0 aromatic heterocycles. The van der Waals surface area contributed by atoms with Gasteiger partial charge in [-0.15, -0.1) is 12.4 Å². The van der Waals surface area contributed by atoms with Crippen LogP contribution in [0.2, 0.25) is 0 Å². The first-order valence-electron chi connectivity index (χ1n) is 9.52. The minimum absolute atomic E-state index is 0. The Balaban J connectivity index is 0.00000420. The second-order valence-electron chi connectivity index (χ2n) is 8.23. The first-order chi connectivity index (χ1) is 13.0. The number of rotatable bonds is 7. The number of hydrogen-bond acceptors (Lipinski definition) is 3. The van der Waals surface area contributed by atoms with Crippen molar-refractivity contribution >= 4 is 18.3 Å². The number of aliphatic hydroxyl groups is 1. The first kappa shape index (κ1) is 25.7. The van der Waals surface area contributed by atoms with E-state index in [1.165, 1.54) is 12.1 Å². The summed E-state index contributed by atoms with van der Waals surface area (Å²) in [6.45, 7) is 4.28. The van der Waals surface area contributed by atoms with Crippen LogP contribution in [0.3, 0.4) is 0 Å². The van der Waals surface area contributed by atoms with Gasteiger partial charge in [0.25, 0.3) is 0 Å². The van der Waals surface area contributed by atoms with Crippen LogP contribution in [0, 0.1) is 11.7 Å². The van der Waals surface area contributed by atoms with Crippen LogP contribution in [0.4, 0.5) is 17.6 Å². The van der Waals surface area contributed by atoms with E-state index in [1.807, 2.05) is 13.8 Å². The lowest BCUT2D eigenvalue weighted by molar-refractivity contribution is -0.174. The van der Waals surface area contributed by atoms with Gasteiger partial charge in [0.05, 0.1) is 6.10 Å². The first-order valence-corrected chi connectivity index (χ1v) is 9.52. The van der Waals surface area contributed by atoms with Crippen molar-refractivity contribution in [2.75, 3.05) is 6.54 Å². The number of nitrogens with one attached hydrogen (secondary N) is 2. The molecule has 1 atom stereocenters. The summed E-state index contributed by atoms with van der Waals surface area (Å²) in [5.74, 6) is -1.94. The third-order valence-corrected chi connectivity index (χ3v) is 5.25. The molecule has 0 aliphatic heterocycles. The monoisotopic (exact) mass is 440 g/mol. The van der Waals surface area contributed by atoms with Crippen LogP contribution in [0.1, 0.15) is 57.6 Å². The molecule has 0 bridgehead atoms. The largest absolute Gasteiger partial charge is 0.471 e. The highest BCUT2D eigenvalue weighted by Gasteiger charge is 2.40. The number of aliphatic hydroxyl groups excluding tert-OH is 1. The fraction of sp³-hybridized carbons (Fsp3) is 0.650. The fourth-order valence-electron chi connectivity index (χ4n) is 3.78. The molecule has 1 aromatic rings. The number of alkyl halides is 3. The molecular weight excluding hydrogens is 412 g/mol. The van der Waals surface area contributed by atoms with Crippen molar-refractivity contribution in [3.8, 4) is 0 Å². The van der Waals surface area contributed by atoms with E-state index in [9.17, 15) is 27.5 Å². The zero-order valence-corrected chi connectivity index (χ0v) is 17.4. The molecule has 0 saturated heterocycles. The highest BCUT2D eigenvalue weighted by molar-refractivity contribution is 5.85. The minimum Gasteiger partial charge on any atom is -0.387 e. The molecule has 1 fully saturated rings. The van der Waals surface area contributed by atoms with Gasteiger partial charge in [-0.25, -0.2) is 4.39 Å². The summed E-state index contributed by atoms with van der Waals surface area (Å²) in [6.07, 6.45) is -2.36. The average Bonchev–Trinajstić information content (AvgIpc) is 2.60. The molecule has 9 heteroatoms. The normalized spacial score (nSPS) is 21.2. The van der Waals surface area contributed by atoms with Gasteiger partial charge < -0.3 is 15.7 Å². The standard InChI is InChI=1S/C20H28F4N2O2.ClH/c1-19(2,25-12-17(27)14-4-3-5-15(21)10-14)11-13-6-8-16(9-7-13)26-18(28)20(22,23)24;/h3-5,10,13,16-17,25,27H,6-9,11-12H2,1-2H3,(H,26,28);1H/t13?,16?,17-;/m0./s1. The number of benzene rings is 1. The van der Waals surface area contributed by atoms with E-state index >= 15 is 0 Å². The van der Waals surface area contributed by atoms with Gasteiger partial charge in [-0.05, 0) is 69.6 Å². The van der Waals surface area contributed by atoms with Crippen LogP contribution in [-0.2, 0) is 4.79 Å². The van der Waals surface area contributed by atoms with Crippen molar-refractivity contribution in [1.29, 1.82) is 0 Å². The van der Waals surface area contributed by atoms with Crippen LogP contribution in [0.5, 0.6) is 0 Å². The van der Waals surface area contributed by atoms with E-state index in [-0.39, 0.29) is 24.5 Å². The lowest BCUT2D eigenvalue weighted by Crippen LogP contribution is -2.46. The molecule has 1 aliphatic rings. The highest BCUT2D eigenvalue weighted by atomic mass is 35.5. The smallest absolute Gasteiger partial charge is 0.387 e. The van der Waals surface area contributed by atoms with E-state index in [0.29, 0.717) is 24.3 Å². The van der Waals surface area contributed by atoms with E-state index in [2.05, 4.69) is 10.6 Å². The quantitative estimate of drug-likeness (QED) is 0.555. The summed E-state index contributed by atoms with van der Waals surface area (Å²) in [4.78, 5) is 11.0. The summed E-state index contributed by atoms with van der Waals surface area (Å²) < 4.78 is 50.3. The number of halogens is 5. The third-order valence-electron chi connectivity index (χ3n) is 5.25. The Morgan fingerprint density at radius 1 is 1.21 bits per heavy atom. The molecule has 1 amide bonds. The maximum absolute atomic E-state index is 13.3. The third kappa shape index (κ3) is 8.48. The number of carbonyl (C=O) groups is 1. The number of β-amino-alcohol motifs (C(OH)–C–C–N with tert-alkyl or cyclic N) is 1. The Labute approximate surface area is 174 Å². The molecular formula is C20H29ClF4N2O2. The zero-order valence-electron chi connectivity index (χ0n) is 16.6. The van der Waals surface area contributed by atoms with Crippen molar-refractivity contribution in [2.24, 2.45) is 5.92 Å². The van der Waals surface area contributed by atoms with Crippen LogP contribution in [0.15, 0.2) is 24.3 Å². The zero-order chi connectivity index (χ0) is 20.9. The fourth-order valence-corrected chi connectivity index (χ4v) is 3.78. The Morgan fingerprint density at radius 3 is 2.38 bits per heavy atom. The molecule has 0 spiro atoms. The SMILES string of the molecule is CC(C)(CC1CCC(NC(=O)C(F)(F)F)CC1)NC[C@H](O)c1cccc(F)c1.Cl. The van der Waals surface area contributed by atoms with Crippen LogP contribution < -0.4 is 10.6 Å². The van der Waals surface area contributed by atoms with Crippen molar-refractivity contribution in [3.05, 3.63) is 35.6 Å². The Kier molecular flexibility index (Phi) is 9.37. The molecule has 0 heterocycles. The van der Waals surface area contributed by atoms with Gasteiger partial charge in [0, 0.05) is 18.1 Å². The molecule has 3 N–H and O–H groups in total. The predicted molar refractivity (Wildman–Crippen MR) is 105 cm³/mol. The Morgan fingerprint density at radius 2 is 1.83 bits per heavy atom. The summed E-state index contributed by atoms with van der Waals surface area (Å²) in [5, 5.41) is 15.6.